The molecule has 3 rings (SSSR count). The molecule has 0 saturated carbocycles. The molecule has 0 aliphatic rings. The van der Waals surface area contributed by atoms with E-state index in [0.29, 0.717) is 0 Å². The maximum Gasteiger partial charge on any atom is 0.0204 e. The number of halogens is 3. The Bertz CT molecular complexity index is 586. The zero-order valence-corrected chi connectivity index (χ0v) is 22.8. The molecule has 0 heterocycles. The molecule has 0 aromatic heterocycles. The summed E-state index contributed by atoms with van der Waals surface area (Å²) < 4.78 is 3.54. The molecular weight excluding hydrogens is 540 g/mol. The predicted molar refractivity (Wildman–Crippen MR) is 139 cm³/mol. The van der Waals surface area contributed by atoms with Crippen molar-refractivity contribution >= 4 is 47.8 Å². The largest absolute Gasteiger partial charge is 0.0683 e. The molecule has 154 valence electrons. The third-order valence-corrected chi connectivity index (χ3v) is 5.90. The SMILES string of the molecule is CC.CC.Cc1ccccc1Br.Cc1ccccc1Br.Cc1ccccc1Br. The van der Waals surface area contributed by atoms with Gasteiger partial charge in [-0.3, -0.25) is 0 Å². The normalized spacial score (nSPS) is 8.36. The first-order chi connectivity index (χ1) is 13.4. The Labute approximate surface area is 198 Å². The minimum atomic E-state index is 1.18. The van der Waals surface area contributed by atoms with Gasteiger partial charge in [0, 0.05) is 13.4 Å². The van der Waals surface area contributed by atoms with Crippen molar-refractivity contribution in [3.05, 3.63) is 103 Å². The Balaban J connectivity index is 0. The standard InChI is InChI=1S/3C7H7Br.2C2H6/c3*1-6-4-2-3-5-7(6)8;2*1-2/h3*2-5H,1H3;2*1-2H3. The van der Waals surface area contributed by atoms with E-state index in [-0.39, 0.29) is 0 Å². The van der Waals surface area contributed by atoms with E-state index in [9.17, 15) is 0 Å². The van der Waals surface area contributed by atoms with Crippen molar-refractivity contribution in [2.24, 2.45) is 0 Å². The first-order valence-corrected chi connectivity index (χ1v) is 11.9. The summed E-state index contributed by atoms with van der Waals surface area (Å²) in [5.74, 6) is 0. The Morgan fingerprint density at radius 1 is 0.393 bits per heavy atom. The summed E-state index contributed by atoms with van der Waals surface area (Å²) in [6.07, 6.45) is 0. The summed E-state index contributed by atoms with van der Waals surface area (Å²) >= 11 is 10.2. The lowest BCUT2D eigenvalue weighted by Crippen LogP contribution is -1.69. The van der Waals surface area contributed by atoms with Gasteiger partial charge in [0.2, 0.25) is 0 Å². The fraction of sp³-hybridized carbons (Fsp3) is 0.280. The van der Waals surface area contributed by atoms with Crippen molar-refractivity contribution in [2.75, 3.05) is 0 Å². The van der Waals surface area contributed by atoms with E-state index in [1.165, 1.54) is 30.1 Å². The van der Waals surface area contributed by atoms with Gasteiger partial charge in [0.25, 0.3) is 0 Å². The molecule has 0 atom stereocenters. The molecule has 3 aromatic carbocycles. The van der Waals surface area contributed by atoms with E-state index in [2.05, 4.69) is 86.8 Å². The lowest BCUT2D eigenvalue weighted by molar-refractivity contribution is 1.43. The van der Waals surface area contributed by atoms with Crippen LogP contribution in [0.25, 0.3) is 0 Å². The van der Waals surface area contributed by atoms with Crippen LogP contribution in [0.1, 0.15) is 44.4 Å². The van der Waals surface area contributed by atoms with Gasteiger partial charge >= 0.3 is 0 Å². The smallest absolute Gasteiger partial charge is 0.0204 e. The van der Waals surface area contributed by atoms with Crippen LogP contribution in [0.5, 0.6) is 0 Å². The van der Waals surface area contributed by atoms with E-state index >= 15 is 0 Å². The Hall–Kier alpha value is -0.900. The number of hydrogen-bond donors (Lipinski definition) is 0. The van der Waals surface area contributed by atoms with E-state index in [1.807, 2.05) is 82.3 Å². The average Bonchev–Trinajstić information content (AvgIpc) is 2.73. The van der Waals surface area contributed by atoms with Gasteiger partial charge in [-0.1, -0.05) is 130 Å². The highest BCUT2D eigenvalue weighted by molar-refractivity contribution is 9.11. The summed E-state index contributed by atoms with van der Waals surface area (Å²) in [4.78, 5) is 0. The fourth-order valence-electron chi connectivity index (χ4n) is 1.65. The molecule has 0 fully saturated rings. The highest BCUT2D eigenvalue weighted by atomic mass is 79.9. The molecule has 0 unspecified atom stereocenters. The van der Waals surface area contributed by atoms with Crippen LogP contribution >= 0.6 is 47.8 Å². The van der Waals surface area contributed by atoms with Gasteiger partial charge in [-0.25, -0.2) is 0 Å². The Kier molecular flexibility index (Phi) is 20.3. The van der Waals surface area contributed by atoms with Crippen LogP contribution in [0.4, 0.5) is 0 Å². The van der Waals surface area contributed by atoms with Crippen molar-refractivity contribution < 1.29 is 0 Å². The molecule has 0 nitrogen and oxygen atoms in total. The molecule has 0 N–H and O–H groups in total. The first-order valence-electron chi connectivity index (χ1n) is 9.55. The quantitative estimate of drug-likeness (QED) is 0.251. The molecule has 0 radical (unpaired) electrons. The van der Waals surface area contributed by atoms with Gasteiger partial charge in [-0.15, -0.1) is 0 Å². The Morgan fingerprint density at radius 3 is 0.679 bits per heavy atom. The lowest BCUT2D eigenvalue weighted by atomic mass is 10.2. The molecule has 28 heavy (non-hydrogen) atoms. The highest BCUT2D eigenvalue weighted by Crippen LogP contribution is 2.14. The molecule has 0 aliphatic carbocycles. The van der Waals surface area contributed by atoms with Gasteiger partial charge < -0.3 is 0 Å². The zero-order valence-electron chi connectivity index (χ0n) is 18.1. The maximum atomic E-state index is 3.40. The van der Waals surface area contributed by atoms with Crippen LogP contribution in [0.3, 0.4) is 0 Å². The van der Waals surface area contributed by atoms with Crippen LogP contribution in [0.2, 0.25) is 0 Å². The molecule has 0 saturated heterocycles. The Morgan fingerprint density at radius 2 is 0.571 bits per heavy atom. The topological polar surface area (TPSA) is 0 Å². The first kappa shape index (κ1) is 29.3. The monoisotopic (exact) mass is 570 g/mol. The third kappa shape index (κ3) is 14.1. The highest BCUT2D eigenvalue weighted by Gasteiger charge is 1.87. The summed E-state index contributed by atoms with van der Waals surface area (Å²) in [7, 11) is 0. The van der Waals surface area contributed by atoms with Gasteiger partial charge in [0.15, 0.2) is 0 Å². The van der Waals surface area contributed by atoms with E-state index < -0.39 is 0 Å². The molecular formula is C25H33Br3. The van der Waals surface area contributed by atoms with E-state index in [0.717, 1.165) is 0 Å². The van der Waals surface area contributed by atoms with Gasteiger partial charge in [-0.05, 0) is 55.7 Å². The third-order valence-electron chi connectivity index (χ3n) is 3.23. The molecule has 0 spiro atoms. The van der Waals surface area contributed by atoms with Gasteiger partial charge in [0.05, 0.1) is 0 Å². The number of aryl methyl sites for hydroxylation is 3. The predicted octanol–water partition coefficient (Wildman–Crippen LogP) is 10.3. The fourth-order valence-corrected chi connectivity index (χ4v) is 2.51. The number of benzene rings is 3. The minimum absolute atomic E-state index is 1.18. The van der Waals surface area contributed by atoms with Gasteiger partial charge in [0.1, 0.15) is 0 Å². The van der Waals surface area contributed by atoms with Crippen LogP contribution < -0.4 is 0 Å². The molecule has 0 aliphatic heterocycles. The zero-order chi connectivity index (χ0) is 21.9. The summed E-state index contributed by atoms with van der Waals surface area (Å²) in [5, 5.41) is 0. The van der Waals surface area contributed by atoms with Crippen molar-refractivity contribution in [2.45, 2.75) is 48.5 Å². The van der Waals surface area contributed by atoms with Crippen LogP contribution in [-0.2, 0) is 0 Å². The van der Waals surface area contributed by atoms with Gasteiger partial charge in [-0.2, -0.15) is 0 Å². The van der Waals surface area contributed by atoms with Crippen molar-refractivity contribution in [3.63, 3.8) is 0 Å². The summed E-state index contributed by atoms with van der Waals surface area (Å²) in [6, 6.07) is 24.4. The minimum Gasteiger partial charge on any atom is -0.0683 e. The lowest BCUT2D eigenvalue weighted by Gasteiger charge is -1.91. The van der Waals surface area contributed by atoms with Crippen molar-refractivity contribution in [1.82, 2.24) is 0 Å². The van der Waals surface area contributed by atoms with Crippen LogP contribution in [-0.4, -0.2) is 0 Å². The molecule has 0 amide bonds. The number of rotatable bonds is 0. The molecule has 3 aromatic rings. The van der Waals surface area contributed by atoms with Crippen molar-refractivity contribution in [3.8, 4) is 0 Å². The molecule has 0 bridgehead atoms. The summed E-state index contributed by atoms with van der Waals surface area (Å²) in [5.41, 5.74) is 3.85. The van der Waals surface area contributed by atoms with E-state index in [4.69, 9.17) is 0 Å². The second kappa shape index (κ2) is 19.4. The number of hydrogen-bond acceptors (Lipinski definition) is 0. The maximum absolute atomic E-state index is 3.40. The van der Waals surface area contributed by atoms with Crippen LogP contribution in [0.15, 0.2) is 86.2 Å². The van der Waals surface area contributed by atoms with Crippen molar-refractivity contribution in [1.29, 1.82) is 0 Å². The molecule has 3 heteroatoms. The second-order valence-corrected chi connectivity index (χ2v) is 7.81. The average molecular weight is 573 g/mol. The van der Waals surface area contributed by atoms with Crippen LogP contribution in [0, 0.1) is 20.8 Å². The second-order valence-electron chi connectivity index (χ2n) is 5.25. The summed E-state index contributed by atoms with van der Waals surface area (Å²) in [6.45, 7) is 14.2. The van der Waals surface area contributed by atoms with E-state index in [1.54, 1.807) is 0 Å².